The second-order valence-corrected chi connectivity index (χ2v) is 5.12. The highest BCUT2D eigenvalue weighted by atomic mass is 16.4. The Morgan fingerprint density at radius 2 is 1.81 bits per heavy atom. The standard InChI is InChI=1S/C16H14N2O3/c1-9-6-10(2)8-11(7-9)18-14-12(15(19)20)4-3-5-13(14)17-16(18)21/h3-8H,1-2H3,(H,17,21)(H,19,20). The molecule has 5 nitrogen and oxygen atoms in total. The van der Waals surface area contributed by atoms with Gasteiger partial charge in [-0.2, -0.15) is 0 Å². The van der Waals surface area contributed by atoms with Crippen molar-refractivity contribution in [3.05, 3.63) is 63.6 Å². The normalized spacial score (nSPS) is 11.0. The predicted molar refractivity (Wildman–Crippen MR) is 80.3 cm³/mol. The molecular weight excluding hydrogens is 268 g/mol. The van der Waals surface area contributed by atoms with Crippen LogP contribution in [0.5, 0.6) is 0 Å². The number of H-pyrrole nitrogens is 1. The summed E-state index contributed by atoms with van der Waals surface area (Å²) in [6.07, 6.45) is 0. The number of carboxylic acid groups (broad SMARTS) is 1. The summed E-state index contributed by atoms with van der Waals surface area (Å²) in [6, 6.07) is 10.5. The topological polar surface area (TPSA) is 75.1 Å². The fraction of sp³-hybridized carbons (Fsp3) is 0.125. The Morgan fingerprint density at radius 1 is 1.14 bits per heavy atom. The fourth-order valence-corrected chi connectivity index (χ4v) is 2.66. The van der Waals surface area contributed by atoms with Gasteiger partial charge in [0.1, 0.15) is 0 Å². The van der Waals surface area contributed by atoms with Crippen LogP contribution in [-0.4, -0.2) is 20.6 Å². The van der Waals surface area contributed by atoms with Gasteiger partial charge >= 0.3 is 11.7 Å². The van der Waals surface area contributed by atoms with Crippen molar-refractivity contribution in [3.63, 3.8) is 0 Å². The number of fused-ring (bicyclic) bond motifs is 1. The molecule has 2 N–H and O–H groups in total. The molecule has 0 bridgehead atoms. The van der Waals surface area contributed by atoms with Crippen LogP contribution in [0, 0.1) is 13.8 Å². The number of aromatic nitrogens is 2. The van der Waals surface area contributed by atoms with Crippen molar-refractivity contribution in [1.29, 1.82) is 0 Å². The van der Waals surface area contributed by atoms with Crippen LogP contribution in [0.2, 0.25) is 0 Å². The molecule has 106 valence electrons. The van der Waals surface area contributed by atoms with Crippen LogP contribution in [0.15, 0.2) is 41.2 Å². The molecule has 0 radical (unpaired) electrons. The highest BCUT2D eigenvalue weighted by Crippen LogP contribution is 2.21. The zero-order chi connectivity index (χ0) is 15.1. The number of carboxylic acids is 1. The third-order valence-electron chi connectivity index (χ3n) is 3.40. The highest BCUT2D eigenvalue weighted by molar-refractivity contribution is 6.01. The average Bonchev–Trinajstić information content (AvgIpc) is 2.72. The first-order chi connectivity index (χ1) is 9.97. The fourth-order valence-electron chi connectivity index (χ4n) is 2.66. The molecule has 2 aromatic carbocycles. The van der Waals surface area contributed by atoms with Gasteiger partial charge in [-0.3, -0.25) is 4.57 Å². The van der Waals surface area contributed by atoms with E-state index in [-0.39, 0.29) is 11.3 Å². The van der Waals surface area contributed by atoms with Crippen LogP contribution >= 0.6 is 0 Å². The lowest BCUT2D eigenvalue weighted by Crippen LogP contribution is -2.16. The number of nitrogens with zero attached hydrogens (tertiary/aromatic N) is 1. The van der Waals surface area contributed by atoms with Gasteiger partial charge in [-0.15, -0.1) is 0 Å². The first kappa shape index (κ1) is 13.2. The largest absolute Gasteiger partial charge is 0.478 e. The summed E-state index contributed by atoms with van der Waals surface area (Å²) < 4.78 is 1.42. The number of aromatic carboxylic acids is 1. The number of aromatic amines is 1. The van der Waals surface area contributed by atoms with Crippen LogP contribution in [0.4, 0.5) is 0 Å². The lowest BCUT2D eigenvalue weighted by molar-refractivity contribution is 0.0698. The molecular formula is C16H14N2O3. The van der Waals surface area contributed by atoms with Crippen LogP contribution in [0.25, 0.3) is 16.7 Å². The lowest BCUT2D eigenvalue weighted by Gasteiger charge is -2.08. The number of hydrogen-bond acceptors (Lipinski definition) is 2. The number of carbonyl (C=O) groups is 1. The van der Waals surface area contributed by atoms with Gasteiger partial charge in [0.2, 0.25) is 0 Å². The Balaban J connectivity index is 2.44. The zero-order valence-electron chi connectivity index (χ0n) is 11.7. The molecule has 0 fully saturated rings. The van der Waals surface area contributed by atoms with Crippen molar-refractivity contribution >= 4 is 17.0 Å². The number of benzene rings is 2. The molecule has 1 aromatic heterocycles. The van der Waals surface area contributed by atoms with Crippen molar-refractivity contribution in [3.8, 4) is 5.69 Å². The average molecular weight is 282 g/mol. The second-order valence-electron chi connectivity index (χ2n) is 5.12. The Morgan fingerprint density at radius 3 is 2.43 bits per heavy atom. The third kappa shape index (κ3) is 2.12. The van der Waals surface area contributed by atoms with E-state index in [1.165, 1.54) is 10.6 Å². The Kier molecular flexibility index (Phi) is 2.90. The van der Waals surface area contributed by atoms with Crippen molar-refractivity contribution in [2.75, 3.05) is 0 Å². The Bertz CT molecular complexity index is 899. The molecule has 0 aliphatic rings. The van der Waals surface area contributed by atoms with Gasteiger partial charge in [0, 0.05) is 0 Å². The Hall–Kier alpha value is -2.82. The summed E-state index contributed by atoms with van der Waals surface area (Å²) in [5.74, 6) is -1.06. The Labute approximate surface area is 120 Å². The smallest absolute Gasteiger partial charge is 0.337 e. The summed E-state index contributed by atoms with van der Waals surface area (Å²) in [4.78, 5) is 26.4. The molecule has 0 amide bonds. The minimum Gasteiger partial charge on any atom is -0.478 e. The number of hydrogen-bond donors (Lipinski definition) is 2. The molecule has 0 spiro atoms. The summed E-state index contributed by atoms with van der Waals surface area (Å²) >= 11 is 0. The van der Waals surface area contributed by atoms with Crippen molar-refractivity contribution in [2.24, 2.45) is 0 Å². The van der Waals surface area contributed by atoms with E-state index in [9.17, 15) is 14.7 Å². The van der Waals surface area contributed by atoms with Gasteiger partial charge in [-0.05, 0) is 49.2 Å². The van der Waals surface area contributed by atoms with Crippen LogP contribution in [-0.2, 0) is 0 Å². The van der Waals surface area contributed by atoms with E-state index in [0.717, 1.165) is 11.1 Å². The monoisotopic (exact) mass is 282 g/mol. The molecule has 1 heterocycles. The maximum absolute atomic E-state index is 12.3. The predicted octanol–water partition coefficient (Wildman–Crippen LogP) is 2.63. The SMILES string of the molecule is Cc1cc(C)cc(-n2c(=O)[nH]c3cccc(C(=O)O)c32)c1. The van der Waals surface area contributed by atoms with Gasteiger partial charge in [-0.1, -0.05) is 12.1 Å². The third-order valence-corrected chi connectivity index (χ3v) is 3.40. The summed E-state index contributed by atoms with van der Waals surface area (Å²) in [6.45, 7) is 3.88. The number of nitrogens with one attached hydrogen (secondary N) is 1. The molecule has 5 heteroatoms. The molecule has 0 saturated heterocycles. The maximum Gasteiger partial charge on any atom is 0.337 e. The number of para-hydroxylation sites is 1. The molecule has 0 unspecified atom stereocenters. The summed E-state index contributed by atoms with van der Waals surface area (Å²) in [5, 5.41) is 9.34. The van der Waals surface area contributed by atoms with Crippen LogP contribution in [0.3, 0.4) is 0 Å². The van der Waals surface area contributed by atoms with Crippen molar-refractivity contribution in [2.45, 2.75) is 13.8 Å². The quantitative estimate of drug-likeness (QED) is 0.758. The summed E-state index contributed by atoms with van der Waals surface area (Å²) in [5.41, 5.74) is 3.35. The van der Waals surface area contributed by atoms with Gasteiger partial charge < -0.3 is 10.1 Å². The first-order valence-electron chi connectivity index (χ1n) is 6.53. The molecule has 21 heavy (non-hydrogen) atoms. The second kappa shape index (κ2) is 4.63. The van der Waals surface area contributed by atoms with E-state index in [2.05, 4.69) is 4.98 Å². The first-order valence-corrected chi connectivity index (χ1v) is 6.53. The van der Waals surface area contributed by atoms with Gasteiger partial charge in [-0.25, -0.2) is 9.59 Å². The number of aryl methyl sites for hydroxylation is 2. The zero-order valence-corrected chi connectivity index (χ0v) is 11.7. The number of imidazole rings is 1. The minimum absolute atomic E-state index is 0.102. The van der Waals surface area contributed by atoms with E-state index in [1.54, 1.807) is 12.1 Å². The van der Waals surface area contributed by atoms with E-state index < -0.39 is 5.97 Å². The molecule has 0 aliphatic carbocycles. The molecule has 0 atom stereocenters. The minimum atomic E-state index is -1.06. The van der Waals surface area contributed by atoms with Crippen LogP contribution < -0.4 is 5.69 Å². The van der Waals surface area contributed by atoms with Gasteiger partial charge in [0.05, 0.1) is 22.3 Å². The lowest BCUT2D eigenvalue weighted by atomic mass is 10.1. The van der Waals surface area contributed by atoms with E-state index in [0.29, 0.717) is 16.7 Å². The van der Waals surface area contributed by atoms with Gasteiger partial charge in [0.25, 0.3) is 0 Å². The van der Waals surface area contributed by atoms with E-state index in [4.69, 9.17) is 0 Å². The van der Waals surface area contributed by atoms with E-state index in [1.807, 2.05) is 32.0 Å². The molecule has 0 saturated carbocycles. The molecule has 3 aromatic rings. The molecule has 0 aliphatic heterocycles. The van der Waals surface area contributed by atoms with Crippen molar-refractivity contribution < 1.29 is 9.90 Å². The maximum atomic E-state index is 12.3. The number of rotatable bonds is 2. The summed E-state index contributed by atoms with van der Waals surface area (Å²) in [7, 11) is 0. The molecule has 3 rings (SSSR count). The van der Waals surface area contributed by atoms with Gasteiger partial charge in [0.15, 0.2) is 0 Å². The highest BCUT2D eigenvalue weighted by Gasteiger charge is 2.16. The van der Waals surface area contributed by atoms with Crippen molar-refractivity contribution in [1.82, 2.24) is 9.55 Å². The van der Waals surface area contributed by atoms with E-state index >= 15 is 0 Å². The van der Waals surface area contributed by atoms with Crippen LogP contribution in [0.1, 0.15) is 21.5 Å².